The van der Waals surface area contributed by atoms with Crippen molar-refractivity contribution in [3.63, 3.8) is 0 Å². The fourth-order valence-electron chi connectivity index (χ4n) is 1.95. The van der Waals surface area contributed by atoms with Gasteiger partial charge in [0.15, 0.2) is 5.60 Å². The number of carboxylic acids is 3. The SMILES string of the molecule is CCCC.O=C(O)C(C(=O)O)(C(=O)O)C(O)(CO)c1ccccc1. The molecule has 1 atom stereocenters. The summed E-state index contributed by atoms with van der Waals surface area (Å²) in [4.78, 5) is 33.8. The zero-order valence-corrected chi connectivity index (χ0v) is 13.5. The molecule has 0 spiro atoms. The molecule has 1 aromatic rings. The predicted octanol–water partition coefficient (Wildman–Crippen LogP) is 0.913. The number of unbranched alkanes of at least 4 members (excludes halogenated alkanes) is 1. The van der Waals surface area contributed by atoms with Crippen LogP contribution in [0.4, 0.5) is 0 Å². The Hall–Kier alpha value is -2.45. The van der Waals surface area contributed by atoms with Gasteiger partial charge in [-0.05, 0) is 5.56 Å². The molecule has 0 bridgehead atoms. The summed E-state index contributed by atoms with van der Waals surface area (Å²) in [6.45, 7) is 2.96. The van der Waals surface area contributed by atoms with E-state index in [0.29, 0.717) is 0 Å². The molecule has 1 unspecified atom stereocenters. The van der Waals surface area contributed by atoms with E-state index in [1.165, 1.54) is 31.0 Å². The molecule has 8 nitrogen and oxygen atoms in total. The Balaban J connectivity index is 0.00000118. The van der Waals surface area contributed by atoms with Crippen LogP contribution in [0.5, 0.6) is 0 Å². The molecular weight excluding hydrogens is 320 g/mol. The fraction of sp³-hybridized carbons (Fsp3) is 0.438. The molecule has 0 saturated heterocycles. The topological polar surface area (TPSA) is 152 Å². The Labute approximate surface area is 139 Å². The molecule has 0 heterocycles. The van der Waals surface area contributed by atoms with Gasteiger partial charge in [-0.1, -0.05) is 57.0 Å². The molecule has 0 amide bonds. The molecule has 24 heavy (non-hydrogen) atoms. The molecule has 0 fully saturated rings. The van der Waals surface area contributed by atoms with Crippen molar-refractivity contribution in [3.8, 4) is 0 Å². The second-order valence-electron chi connectivity index (χ2n) is 5.05. The zero-order chi connectivity index (χ0) is 19.0. The molecule has 0 radical (unpaired) electrons. The molecule has 1 aromatic carbocycles. The molecule has 0 aliphatic carbocycles. The van der Waals surface area contributed by atoms with Gasteiger partial charge in [-0.15, -0.1) is 0 Å². The van der Waals surface area contributed by atoms with Crippen LogP contribution in [-0.2, 0) is 20.0 Å². The lowest BCUT2D eigenvalue weighted by Crippen LogP contribution is -2.62. The quantitative estimate of drug-likeness (QED) is 0.458. The minimum atomic E-state index is -3.64. The zero-order valence-electron chi connectivity index (χ0n) is 13.5. The molecule has 134 valence electrons. The van der Waals surface area contributed by atoms with Crippen LogP contribution in [0.3, 0.4) is 0 Å². The van der Waals surface area contributed by atoms with Crippen LogP contribution >= 0.6 is 0 Å². The number of aliphatic hydroxyl groups excluding tert-OH is 1. The Morgan fingerprint density at radius 2 is 1.25 bits per heavy atom. The van der Waals surface area contributed by atoms with Gasteiger partial charge in [-0.2, -0.15) is 0 Å². The Kier molecular flexibility index (Phi) is 8.08. The normalized spacial score (nSPS) is 13.2. The summed E-state index contributed by atoms with van der Waals surface area (Å²) in [7, 11) is 0. The van der Waals surface area contributed by atoms with E-state index in [9.17, 15) is 24.6 Å². The molecule has 0 saturated carbocycles. The standard InChI is InChI=1S/C12H12O8.C4H10/c13-6-11(20,7-4-2-1-3-5-7)12(8(14)15,9(16)17)10(18)19;1-3-4-2/h1-5,13,20H,6H2,(H,14,15)(H,16,17)(H,18,19);3-4H2,1-2H3. The van der Waals surface area contributed by atoms with Crippen LogP contribution in [0.2, 0.25) is 0 Å². The number of benzene rings is 1. The molecule has 1 rings (SSSR count). The number of aliphatic carboxylic acids is 3. The highest BCUT2D eigenvalue weighted by atomic mass is 16.4. The van der Waals surface area contributed by atoms with Crippen molar-refractivity contribution >= 4 is 17.9 Å². The number of aliphatic hydroxyl groups is 2. The smallest absolute Gasteiger partial charge is 0.336 e. The first-order chi connectivity index (χ1) is 11.2. The summed E-state index contributed by atoms with van der Waals surface area (Å²) in [6, 6.07) is 6.42. The van der Waals surface area contributed by atoms with Crippen LogP contribution < -0.4 is 0 Å². The highest BCUT2D eigenvalue weighted by Crippen LogP contribution is 2.41. The summed E-state index contributed by atoms with van der Waals surface area (Å²) < 4.78 is 0. The van der Waals surface area contributed by atoms with E-state index >= 15 is 0 Å². The van der Waals surface area contributed by atoms with Gasteiger partial charge < -0.3 is 25.5 Å². The third-order valence-electron chi connectivity index (χ3n) is 3.56. The highest BCUT2D eigenvalue weighted by molar-refractivity contribution is 6.17. The molecule has 0 aliphatic heterocycles. The number of carboxylic acid groups (broad SMARTS) is 3. The first-order valence-corrected chi connectivity index (χ1v) is 7.25. The maximum absolute atomic E-state index is 11.3. The van der Waals surface area contributed by atoms with E-state index in [1.54, 1.807) is 0 Å². The molecule has 5 N–H and O–H groups in total. The second-order valence-corrected chi connectivity index (χ2v) is 5.05. The van der Waals surface area contributed by atoms with Gasteiger partial charge in [0, 0.05) is 0 Å². The monoisotopic (exact) mass is 342 g/mol. The minimum absolute atomic E-state index is 0.338. The third-order valence-corrected chi connectivity index (χ3v) is 3.56. The van der Waals surface area contributed by atoms with Crippen molar-refractivity contribution in [1.82, 2.24) is 0 Å². The minimum Gasteiger partial charge on any atom is -0.480 e. The van der Waals surface area contributed by atoms with Crippen molar-refractivity contribution < 1.29 is 39.9 Å². The van der Waals surface area contributed by atoms with Crippen LogP contribution in [0.25, 0.3) is 0 Å². The van der Waals surface area contributed by atoms with Crippen molar-refractivity contribution in [2.75, 3.05) is 6.61 Å². The lowest BCUT2D eigenvalue weighted by atomic mass is 9.68. The van der Waals surface area contributed by atoms with Gasteiger partial charge in [0.25, 0.3) is 5.41 Å². The van der Waals surface area contributed by atoms with Crippen LogP contribution in [-0.4, -0.2) is 50.0 Å². The lowest BCUT2D eigenvalue weighted by molar-refractivity contribution is -0.204. The van der Waals surface area contributed by atoms with E-state index < -0.39 is 35.5 Å². The first kappa shape index (κ1) is 21.6. The van der Waals surface area contributed by atoms with Gasteiger partial charge in [0.2, 0.25) is 0 Å². The van der Waals surface area contributed by atoms with Gasteiger partial charge in [-0.3, -0.25) is 14.4 Å². The van der Waals surface area contributed by atoms with Crippen LogP contribution in [0.1, 0.15) is 32.3 Å². The molecule has 8 heteroatoms. The van der Waals surface area contributed by atoms with E-state index in [2.05, 4.69) is 13.8 Å². The summed E-state index contributed by atoms with van der Waals surface area (Å²) in [5.74, 6) is -6.88. The summed E-state index contributed by atoms with van der Waals surface area (Å²) in [6.07, 6.45) is 2.64. The average molecular weight is 342 g/mol. The Morgan fingerprint density at radius 1 is 0.875 bits per heavy atom. The first-order valence-electron chi connectivity index (χ1n) is 7.25. The highest BCUT2D eigenvalue weighted by Gasteiger charge is 2.69. The maximum atomic E-state index is 11.3. The number of rotatable bonds is 7. The maximum Gasteiger partial charge on any atom is 0.336 e. The largest absolute Gasteiger partial charge is 0.480 e. The summed E-state index contributed by atoms with van der Waals surface area (Å²) in [5, 5.41) is 46.8. The summed E-state index contributed by atoms with van der Waals surface area (Å²) in [5.41, 5.74) is -7.00. The number of hydrogen-bond donors (Lipinski definition) is 5. The molecular formula is C16H22O8. The van der Waals surface area contributed by atoms with E-state index in [1.807, 2.05) is 0 Å². The molecule has 0 aliphatic rings. The van der Waals surface area contributed by atoms with Gasteiger partial charge in [0.05, 0.1) is 6.61 Å². The van der Waals surface area contributed by atoms with Gasteiger partial charge in [0.1, 0.15) is 0 Å². The van der Waals surface area contributed by atoms with Crippen LogP contribution in [0, 0.1) is 5.41 Å². The number of hydrogen-bond acceptors (Lipinski definition) is 5. The fourth-order valence-corrected chi connectivity index (χ4v) is 1.95. The Morgan fingerprint density at radius 3 is 1.50 bits per heavy atom. The van der Waals surface area contributed by atoms with E-state index in [4.69, 9.17) is 15.3 Å². The van der Waals surface area contributed by atoms with Crippen molar-refractivity contribution in [2.45, 2.75) is 32.3 Å². The van der Waals surface area contributed by atoms with Gasteiger partial charge >= 0.3 is 17.9 Å². The van der Waals surface area contributed by atoms with Crippen LogP contribution in [0.15, 0.2) is 30.3 Å². The summed E-state index contributed by atoms with van der Waals surface area (Å²) >= 11 is 0. The van der Waals surface area contributed by atoms with Gasteiger partial charge in [-0.25, -0.2) is 0 Å². The van der Waals surface area contributed by atoms with Crippen molar-refractivity contribution in [2.24, 2.45) is 5.41 Å². The predicted molar refractivity (Wildman–Crippen MR) is 83.3 cm³/mol. The van der Waals surface area contributed by atoms with E-state index in [0.717, 1.165) is 12.1 Å². The van der Waals surface area contributed by atoms with Crippen molar-refractivity contribution in [3.05, 3.63) is 35.9 Å². The van der Waals surface area contributed by atoms with E-state index in [-0.39, 0.29) is 5.56 Å². The number of carbonyl (C=O) groups is 3. The second kappa shape index (κ2) is 8.99. The average Bonchev–Trinajstić information content (AvgIpc) is 2.55. The van der Waals surface area contributed by atoms with Crippen molar-refractivity contribution in [1.29, 1.82) is 0 Å². The third kappa shape index (κ3) is 3.72. The molecule has 0 aromatic heterocycles. The lowest BCUT2D eigenvalue weighted by Gasteiger charge is -2.37. The Bertz CT molecular complexity index is 531.